The number of nitrogens with zero attached hydrogens (tertiary/aromatic N) is 4. The van der Waals surface area contributed by atoms with Crippen LogP contribution in [0.4, 0.5) is 25.1 Å². The molecule has 7 nitrogen and oxygen atoms in total. The summed E-state index contributed by atoms with van der Waals surface area (Å²) in [5.74, 6) is -0.545. The number of alkyl halides is 3. The zero-order chi connectivity index (χ0) is 27.8. The molecule has 200 valence electrons. The zero-order valence-corrected chi connectivity index (χ0v) is 22.2. The molecule has 0 aliphatic heterocycles. The van der Waals surface area contributed by atoms with Gasteiger partial charge in [-0.1, -0.05) is 61.3 Å². The van der Waals surface area contributed by atoms with Crippen molar-refractivity contribution >= 4 is 41.1 Å². The number of hydrogen-bond donors (Lipinski definition) is 2. The molecule has 1 heterocycles. The van der Waals surface area contributed by atoms with Gasteiger partial charge in [0.15, 0.2) is 0 Å². The molecule has 0 amide bonds. The van der Waals surface area contributed by atoms with E-state index in [1.54, 1.807) is 0 Å². The van der Waals surface area contributed by atoms with Crippen molar-refractivity contribution in [1.82, 2.24) is 15.0 Å². The lowest BCUT2D eigenvalue weighted by Gasteiger charge is -2.21. The van der Waals surface area contributed by atoms with E-state index in [1.807, 2.05) is 43.3 Å². The van der Waals surface area contributed by atoms with Gasteiger partial charge in [0.2, 0.25) is 11.9 Å². The van der Waals surface area contributed by atoms with Crippen LogP contribution < -0.4 is 10.2 Å². The third kappa shape index (κ3) is 10.4. The van der Waals surface area contributed by atoms with E-state index < -0.39 is 12.1 Å². The van der Waals surface area contributed by atoms with Crippen LogP contribution >= 0.6 is 23.2 Å². The first-order valence-corrected chi connectivity index (χ1v) is 12.0. The molecule has 0 aliphatic rings. The molecule has 0 saturated heterocycles. The molecule has 0 saturated carbocycles. The number of halogens is 5. The van der Waals surface area contributed by atoms with Gasteiger partial charge < -0.3 is 15.3 Å². The molecule has 12 heteroatoms. The summed E-state index contributed by atoms with van der Waals surface area (Å²) in [5, 5.41) is 12.1. The predicted molar refractivity (Wildman–Crippen MR) is 140 cm³/mol. The number of aromatic nitrogens is 3. The SMILES string of the molecule is CC(C)c1nc(NC(Cc2ccc(Cl)cc2)Cc2ccc(Cl)cc2)nc(N(C)C)n1.O=C(O)C(F)(F)F. The van der Waals surface area contributed by atoms with Crippen molar-refractivity contribution in [2.75, 3.05) is 24.3 Å². The Bertz CT molecular complexity index is 1080. The third-order valence-corrected chi connectivity index (χ3v) is 5.43. The molecule has 0 fully saturated rings. The van der Waals surface area contributed by atoms with Crippen LogP contribution in [-0.4, -0.2) is 52.3 Å². The number of anilines is 2. The molecular weight excluding hydrogens is 530 g/mol. The maximum absolute atomic E-state index is 10.6. The van der Waals surface area contributed by atoms with Gasteiger partial charge in [0.25, 0.3) is 0 Å². The van der Waals surface area contributed by atoms with E-state index in [1.165, 1.54) is 11.1 Å². The lowest BCUT2D eigenvalue weighted by atomic mass is 9.99. The molecule has 0 radical (unpaired) electrons. The molecule has 3 rings (SSSR count). The highest BCUT2D eigenvalue weighted by Gasteiger charge is 2.38. The minimum Gasteiger partial charge on any atom is -0.475 e. The summed E-state index contributed by atoms with van der Waals surface area (Å²) in [6.45, 7) is 4.16. The lowest BCUT2D eigenvalue weighted by molar-refractivity contribution is -0.192. The Balaban J connectivity index is 0.000000604. The predicted octanol–water partition coefficient (Wildman–Crippen LogP) is 6.27. The molecule has 1 aromatic heterocycles. The third-order valence-electron chi connectivity index (χ3n) is 4.92. The number of rotatable bonds is 8. The average molecular weight is 558 g/mol. The van der Waals surface area contributed by atoms with Crippen LogP contribution in [0.1, 0.15) is 36.7 Å². The number of carboxylic acid groups (broad SMARTS) is 1. The van der Waals surface area contributed by atoms with Crippen molar-refractivity contribution in [2.24, 2.45) is 0 Å². The van der Waals surface area contributed by atoms with Gasteiger partial charge in [0.1, 0.15) is 5.82 Å². The van der Waals surface area contributed by atoms with Gasteiger partial charge in [-0.15, -0.1) is 0 Å². The highest BCUT2D eigenvalue weighted by molar-refractivity contribution is 6.30. The Morgan fingerprint density at radius 2 is 1.35 bits per heavy atom. The summed E-state index contributed by atoms with van der Waals surface area (Å²) < 4.78 is 31.7. The van der Waals surface area contributed by atoms with E-state index in [9.17, 15) is 13.2 Å². The standard InChI is InChI=1S/C23H27Cl2N5.C2HF3O2/c1-15(2)21-27-22(29-23(28-21)30(3)4)26-20(13-16-5-9-18(24)10-6-16)14-17-7-11-19(25)12-8-17;3-2(4,5)1(6)7/h5-12,15,20H,13-14H2,1-4H3,(H,26,27,28,29);(H,6,7). The highest BCUT2D eigenvalue weighted by Crippen LogP contribution is 2.20. The van der Waals surface area contributed by atoms with Gasteiger partial charge >= 0.3 is 12.1 Å². The van der Waals surface area contributed by atoms with Gasteiger partial charge in [-0.3, -0.25) is 0 Å². The number of aliphatic carboxylic acids is 1. The van der Waals surface area contributed by atoms with Gasteiger partial charge in [-0.2, -0.15) is 28.1 Å². The van der Waals surface area contributed by atoms with E-state index in [0.29, 0.717) is 11.9 Å². The van der Waals surface area contributed by atoms with Crippen LogP contribution in [0, 0.1) is 0 Å². The van der Waals surface area contributed by atoms with Crippen LogP contribution in [0.5, 0.6) is 0 Å². The van der Waals surface area contributed by atoms with Crippen molar-refractivity contribution in [3.8, 4) is 0 Å². The van der Waals surface area contributed by atoms with E-state index in [4.69, 9.17) is 33.1 Å². The number of carboxylic acids is 1. The van der Waals surface area contributed by atoms with Gasteiger partial charge in [0.05, 0.1) is 0 Å². The summed E-state index contributed by atoms with van der Waals surface area (Å²) >= 11 is 12.1. The molecule has 2 aromatic carbocycles. The summed E-state index contributed by atoms with van der Waals surface area (Å²) in [7, 11) is 3.87. The van der Waals surface area contributed by atoms with Crippen LogP contribution in [0.2, 0.25) is 10.0 Å². The second kappa shape index (κ2) is 13.4. The second-order valence-corrected chi connectivity index (χ2v) is 9.54. The molecule has 3 aromatic rings. The number of carbonyl (C=O) groups is 1. The Labute approximate surface area is 223 Å². The molecule has 0 bridgehead atoms. The van der Waals surface area contributed by atoms with Gasteiger partial charge in [-0.25, -0.2) is 4.79 Å². The summed E-state index contributed by atoms with van der Waals surface area (Å²) in [6.07, 6.45) is -3.47. The maximum atomic E-state index is 10.6. The molecule has 0 unspecified atom stereocenters. The average Bonchev–Trinajstić information content (AvgIpc) is 2.81. The van der Waals surface area contributed by atoms with Crippen molar-refractivity contribution in [2.45, 2.75) is 44.8 Å². The van der Waals surface area contributed by atoms with E-state index in [2.05, 4.69) is 58.4 Å². The van der Waals surface area contributed by atoms with Crippen molar-refractivity contribution in [1.29, 1.82) is 0 Å². The maximum Gasteiger partial charge on any atom is 0.490 e. The zero-order valence-electron chi connectivity index (χ0n) is 20.7. The quantitative estimate of drug-likeness (QED) is 0.337. The summed E-state index contributed by atoms with van der Waals surface area (Å²) in [5.41, 5.74) is 2.38. The van der Waals surface area contributed by atoms with Crippen LogP contribution in [0.25, 0.3) is 0 Å². The molecule has 0 atom stereocenters. The molecule has 0 aliphatic carbocycles. The topological polar surface area (TPSA) is 91.2 Å². The Morgan fingerprint density at radius 3 is 1.70 bits per heavy atom. The van der Waals surface area contributed by atoms with Crippen LogP contribution in [0.15, 0.2) is 48.5 Å². The first kappa shape index (κ1) is 30.1. The minimum atomic E-state index is -5.08. The molecular formula is C25H28Cl2F3N5O2. The summed E-state index contributed by atoms with van der Waals surface area (Å²) in [6, 6.07) is 16.0. The van der Waals surface area contributed by atoms with Gasteiger partial charge in [0, 0.05) is 36.1 Å². The largest absolute Gasteiger partial charge is 0.490 e. The Morgan fingerprint density at radius 1 is 0.919 bits per heavy atom. The Hall–Kier alpha value is -3.11. The monoisotopic (exact) mass is 557 g/mol. The van der Waals surface area contributed by atoms with Crippen molar-refractivity contribution in [3.63, 3.8) is 0 Å². The van der Waals surface area contributed by atoms with E-state index in [-0.39, 0.29) is 12.0 Å². The fourth-order valence-electron chi connectivity index (χ4n) is 3.07. The first-order chi connectivity index (χ1) is 17.2. The number of nitrogens with one attached hydrogen (secondary N) is 1. The smallest absolute Gasteiger partial charge is 0.475 e. The van der Waals surface area contributed by atoms with E-state index >= 15 is 0 Å². The molecule has 37 heavy (non-hydrogen) atoms. The minimum absolute atomic E-state index is 0.0878. The molecule has 2 N–H and O–H groups in total. The van der Waals surface area contributed by atoms with Crippen molar-refractivity contribution in [3.05, 3.63) is 75.5 Å². The normalized spacial score (nSPS) is 11.2. The van der Waals surface area contributed by atoms with Crippen molar-refractivity contribution < 1.29 is 23.1 Å². The van der Waals surface area contributed by atoms with E-state index in [0.717, 1.165) is 28.7 Å². The number of benzene rings is 2. The second-order valence-electron chi connectivity index (χ2n) is 8.67. The fraction of sp³-hybridized carbons (Fsp3) is 0.360. The Kier molecular flexibility index (Phi) is 10.9. The highest BCUT2D eigenvalue weighted by atomic mass is 35.5. The van der Waals surface area contributed by atoms with Crippen LogP contribution in [0.3, 0.4) is 0 Å². The fourth-order valence-corrected chi connectivity index (χ4v) is 3.32. The van der Waals surface area contributed by atoms with Crippen LogP contribution in [-0.2, 0) is 17.6 Å². The first-order valence-electron chi connectivity index (χ1n) is 11.2. The van der Waals surface area contributed by atoms with Gasteiger partial charge in [-0.05, 0) is 48.2 Å². The lowest BCUT2D eigenvalue weighted by Crippen LogP contribution is -2.27. The molecule has 0 spiro atoms. The number of hydrogen-bond acceptors (Lipinski definition) is 6. The summed E-state index contributed by atoms with van der Waals surface area (Å²) in [4.78, 5) is 24.6.